The summed E-state index contributed by atoms with van der Waals surface area (Å²) in [6, 6.07) is 7.24. The van der Waals surface area contributed by atoms with Crippen molar-refractivity contribution in [2.24, 2.45) is 0 Å². The smallest absolute Gasteiger partial charge is 0.390 e. The molecule has 10 nitrogen and oxygen atoms in total. The molecule has 4 rings (SSSR count). The van der Waals surface area contributed by atoms with Gasteiger partial charge in [0.1, 0.15) is 5.69 Å². The predicted molar refractivity (Wildman–Crippen MR) is 109 cm³/mol. The third kappa shape index (κ3) is 4.72. The molecule has 0 radical (unpaired) electrons. The molecule has 1 aromatic carbocycles. The van der Waals surface area contributed by atoms with E-state index in [0.717, 1.165) is 11.0 Å². The zero-order valence-corrected chi connectivity index (χ0v) is 17.4. The van der Waals surface area contributed by atoms with Gasteiger partial charge < -0.3 is 9.30 Å². The standard InChI is InChI=1S/C19H14ClF3N6O4/c20-11-7-13-17(14(8-11)29(31)32)33-10-16(30)28(13)9-15-25-26-18(12-3-1-2-5-24-12)27(15)6-4-19(21,22)23/h1-3,5,7-8H,4,6,9-10H2. The van der Waals surface area contributed by atoms with Gasteiger partial charge in [0.05, 0.1) is 23.6 Å². The van der Waals surface area contributed by atoms with Crippen LogP contribution < -0.4 is 9.64 Å². The van der Waals surface area contributed by atoms with Crippen LogP contribution in [0.4, 0.5) is 24.5 Å². The van der Waals surface area contributed by atoms with Gasteiger partial charge in [0, 0.05) is 23.8 Å². The fourth-order valence-corrected chi connectivity index (χ4v) is 3.53. The molecular weight excluding hydrogens is 469 g/mol. The van der Waals surface area contributed by atoms with E-state index in [1.165, 1.54) is 16.8 Å². The lowest BCUT2D eigenvalue weighted by Crippen LogP contribution is -2.39. The van der Waals surface area contributed by atoms with Gasteiger partial charge in [-0.25, -0.2) is 0 Å². The van der Waals surface area contributed by atoms with Gasteiger partial charge in [-0.3, -0.25) is 24.8 Å². The van der Waals surface area contributed by atoms with Gasteiger partial charge in [-0.15, -0.1) is 10.2 Å². The quantitative estimate of drug-likeness (QED) is 0.387. The minimum atomic E-state index is -4.45. The van der Waals surface area contributed by atoms with Crippen LogP contribution in [-0.4, -0.2) is 43.4 Å². The zero-order chi connectivity index (χ0) is 23.8. The van der Waals surface area contributed by atoms with E-state index in [4.69, 9.17) is 16.3 Å². The Morgan fingerprint density at radius 1 is 1.24 bits per heavy atom. The molecule has 33 heavy (non-hydrogen) atoms. The maximum absolute atomic E-state index is 13.0. The molecule has 0 bridgehead atoms. The summed E-state index contributed by atoms with van der Waals surface area (Å²) < 4.78 is 45.4. The van der Waals surface area contributed by atoms with E-state index in [9.17, 15) is 28.1 Å². The first-order valence-electron chi connectivity index (χ1n) is 9.45. The van der Waals surface area contributed by atoms with Crippen LogP contribution in [0.1, 0.15) is 12.2 Å². The van der Waals surface area contributed by atoms with Crippen molar-refractivity contribution in [3.05, 3.63) is 57.5 Å². The number of nitro groups is 1. The highest BCUT2D eigenvalue weighted by Crippen LogP contribution is 2.43. The Kier molecular flexibility index (Phi) is 5.89. The van der Waals surface area contributed by atoms with Crippen molar-refractivity contribution in [1.82, 2.24) is 19.7 Å². The Balaban J connectivity index is 1.76. The van der Waals surface area contributed by atoms with Gasteiger partial charge in [-0.2, -0.15) is 13.2 Å². The number of nitro benzene ring substituents is 1. The van der Waals surface area contributed by atoms with Crippen molar-refractivity contribution in [1.29, 1.82) is 0 Å². The topological polar surface area (TPSA) is 116 Å². The number of halogens is 4. The number of nitrogens with zero attached hydrogens (tertiary/aromatic N) is 6. The Labute approximate surface area is 188 Å². The Morgan fingerprint density at radius 2 is 2.03 bits per heavy atom. The van der Waals surface area contributed by atoms with Gasteiger partial charge in [-0.05, 0) is 18.2 Å². The fraction of sp³-hybridized carbons (Fsp3) is 0.263. The van der Waals surface area contributed by atoms with Crippen molar-refractivity contribution >= 4 is 28.9 Å². The Hall–Kier alpha value is -3.74. The second kappa shape index (κ2) is 8.65. The third-order valence-electron chi connectivity index (χ3n) is 4.78. The van der Waals surface area contributed by atoms with Crippen molar-refractivity contribution < 1.29 is 27.6 Å². The van der Waals surface area contributed by atoms with Crippen LogP contribution in [0.2, 0.25) is 5.02 Å². The molecule has 3 heterocycles. The largest absolute Gasteiger partial charge is 0.475 e. The van der Waals surface area contributed by atoms with Crippen LogP contribution in [0.3, 0.4) is 0 Å². The molecule has 0 unspecified atom stereocenters. The van der Waals surface area contributed by atoms with Crippen molar-refractivity contribution in [2.45, 2.75) is 25.7 Å². The summed E-state index contributed by atoms with van der Waals surface area (Å²) in [5.41, 5.74) is -0.135. The summed E-state index contributed by atoms with van der Waals surface area (Å²) in [7, 11) is 0. The monoisotopic (exact) mass is 482 g/mol. The number of fused-ring (bicyclic) bond motifs is 1. The molecule has 0 spiro atoms. The first-order chi connectivity index (χ1) is 15.6. The third-order valence-corrected chi connectivity index (χ3v) is 5.00. The average molecular weight is 483 g/mol. The number of anilines is 1. The second-order valence-electron chi connectivity index (χ2n) is 6.97. The molecule has 0 saturated heterocycles. The molecule has 172 valence electrons. The number of alkyl halides is 3. The van der Waals surface area contributed by atoms with Gasteiger partial charge in [0.25, 0.3) is 5.91 Å². The molecule has 0 fully saturated rings. The van der Waals surface area contributed by atoms with E-state index in [1.54, 1.807) is 18.2 Å². The molecule has 2 aromatic heterocycles. The number of aromatic nitrogens is 4. The number of carbonyl (C=O) groups is 1. The lowest BCUT2D eigenvalue weighted by Gasteiger charge is -2.29. The van der Waals surface area contributed by atoms with Gasteiger partial charge in [0.2, 0.25) is 5.75 Å². The molecule has 0 aliphatic carbocycles. The number of ether oxygens (including phenoxy) is 1. The van der Waals surface area contributed by atoms with Crippen LogP contribution >= 0.6 is 11.6 Å². The molecule has 3 aromatic rings. The first kappa shape index (κ1) is 22.5. The van der Waals surface area contributed by atoms with Crippen LogP contribution in [0.5, 0.6) is 5.75 Å². The highest BCUT2D eigenvalue weighted by atomic mass is 35.5. The van der Waals surface area contributed by atoms with E-state index in [-0.39, 0.29) is 34.7 Å². The van der Waals surface area contributed by atoms with E-state index in [1.807, 2.05) is 0 Å². The summed E-state index contributed by atoms with van der Waals surface area (Å²) in [6.07, 6.45) is -4.15. The minimum absolute atomic E-state index is 0.00945. The predicted octanol–water partition coefficient (Wildman–Crippen LogP) is 3.78. The van der Waals surface area contributed by atoms with Crippen LogP contribution in [0.25, 0.3) is 11.5 Å². The summed E-state index contributed by atoms with van der Waals surface area (Å²) in [6.45, 7) is -1.33. The number of rotatable bonds is 6. The lowest BCUT2D eigenvalue weighted by molar-refractivity contribution is -0.385. The van der Waals surface area contributed by atoms with E-state index in [0.29, 0.717) is 5.69 Å². The van der Waals surface area contributed by atoms with Crippen molar-refractivity contribution in [3.63, 3.8) is 0 Å². The van der Waals surface area contributed by atoms with E-state index in [2.05, 4.69) is 15.2 Å². The number of benzene rings is 1. The van der Waals surface area contributed by atoms with Gasteiger partial charge in [0.15, 0.2) is 18.3 Å². The van der Waals surface area contributed by atoms with Gasteiger partial charge >= 0.3 is 11.9 Å². The summed E-state index contributed by atoms with van der Waals surface area (Å²) >= 11 is 5.99. The highest BCUT2D eigenvalue weighted by Gasteiger charge is 2.34. The molecule has 0 saturated carbocycles. The Morgan fingerprint density at radius 3 is 2.70 bits per heavy atom. The summed E-state index contributed by atoms with van der Waals surface area (Å²) in [4.78, 5) is 28.5. The lowest BCUT2D eigenvalue weighted by atomic mass is 10.2. The highest BCUT2D eigenvalue weighted by molar-refractivity contribution is 6.31. The maximum atomic E-state index is 13.0. The molecule has 0 N–H and O–H groups in total. The number of pyridine rings is 1. The molecule has 1 aliphatic heterocycles. The SMILES string of the molecule is O=C1COc2c(cc(Cl)cc2[N+](=O)[O-])N1Cc1nnc(-c2ccccn2)n1CCC(F)(F)F. The molecular formula is C19H14ClF3N6O4. The molecule has 1 amide bonds. The fourth-order valence-electron chi connectivity index (χ4n) is 3.32. The number of hydrogen-bond donors (Lipinski definition) is 0. The summed E-state index contributed by atoms with van der Waals surface area (Å²) in [5, 5.41) is 19.3. The van der Waals surface area contributed by atoms with E-state index >= 15 is 0 Å². The van der Waals surface area contributed by atoms with Crippen LogP contribution in [0, 0.1) is 10.1 Å². The van der Waals surface area contributed by atoms with Crippen LogP contribution in [-0.2, 0) is 17.9 Å². The second-order valence-corrected chi connectivity index (χ2v) is 7.41. The number of amides is 1. The van der Waals surface area contributed by atoms with Gasteiger partial charge in [-0.1, -0.05) is 17.7 Å². The van der Waals surface area contributed by atoms with Crippen molar-refractivity contribution in [2.75, 3.05) is 11.5 Å². The van der Waals surface area contributed by atoms with Crippen molar-refractivity contribution in [3.8, 4) is 17.3 Å². The van der Waals surface area contributed by atoms with E-state index < -0.39 is 42.3 Å². The summed E-state index contributed by atoms with van der Waals surface area (Å²) in [5.74, 6) is -0.629. The normalized spacial score (nSPS) is 13.6. The first-order valence-corrected chi connectivity index (χ1v) is 9.83. The molecule has 0 atom stereocenters. The molecule has 1 aliphatic rings. The zero-order valence-electron chi connectivity index (χ0n) is 16.6. The van der Waals surface area contributed by atoms with Crippen LogP contribution in [0.15, 0.2) is 36.5 Å². The maximum Gasteiger partial charge on any atom is 0.390 e. The molecule has 14 heteroatoms. The number of carbonyl (C=O) groups excluding carboxylic acids is 1. The minimum Gasteiger partial charge on any atom is -0.475 e. The average Bonchev–Trinajstić information content (AvgIpc) is 3.16. The Bertz CT molecular complexity index is 1220. The number of hydrogen-bond acceptors (Lipinski definition) is 7.